The van der Waals surface area contributed by atoms with Crippen LogP contribution in [0, 0.1) is 23.4 Å². The summed E-state index contributed by atoms with van der Waals surface area (Å²) in [5.74, 6) is -5.28. The highest BCUT2D eigenvalue weighted by molar-refractivity contribution is 8.00. The predicted octanol–water partition coefficient (Wildman–Crippen LogP) is 4.22. The molecule has 1 fully saturated rings. The van der Waals surface area contributed by atoms with E-state index >= 15 is 0 Å². The van der Waals surface area contributed by atoms with Crippen molar-refractivity contribution in [3.8, 4) is 5.75 Å². The topological polar surface area (TPSA) is 150 Å². The Morgan fingerprint density at radius 2 is 1.65 bits per heavy atom. The van der Waals surface area contributed by atoms with Gasteiger partial charge in [0.2, 0.25) is 12.2 Å². The molecule has 3 amide bonds. The molecule has 2 N–H and O–H groups in total. The van der Waals surface area contributed by atoms with E-state index in [9.17, 15) is 37.1 Å². The fourth-order valence-corrected chi connectivity index (χ4v) is 5.99. The summed E-state index contributed by atoms with van der Waals surface area (Å²) < 4.78 is 62.6. The van der Waals surface area contributed by atoms with Crippen molar-refractivity contribution in [2.45, 2.75) is 77.8 Å². The van der Waals surface area contributed by atoms with Crippen LogP contribution in [0.5, 0.6) is 5.75 Å². The number of halogens is 3. The van der Waals surface area contributed by atoms with Gasteiger partial charge < -0.3 is 34.5 Å². The summed E-state index contributed by atoms with van der Waals surface area (Å²) in [6.45, 7) is 8.32. The quantitative estimate of drug-likeness (QED) is 0.156. The molecule has 1 aliphatic heterocycles. The van der Waals surface area contributed by atoms with Gasteiger partial charge in [0.1, 0.15) is 11.6 Å². The van der Waals surface area contributed by atoms with Gasteiger partial charge in [0.15, 0.2) is 23.1 Å². The van der Waals surface area contributed by atoms with E-state index in [0.717, 1.165) is 12.5 Å². The molecule has 2 aromatic rings. The van der Waals surface area contributed by atoms with E-state index in [4.69, 9.17) is 18.9 Å². The Labute approximate surface area is 286 Å². The summed E-state index contributed by atoms with van der Waals surface area (Å²) in [5, 5.41) is 4.26. The summed E-state index contributed by atoms with van der Waals surface area (Å²) >= 11 is 1.22. The zero-order valence-corrected chi connectivity index (χ0v) is 28.6. The van der Waals surface area contributed by atoms with E-state index in [2.05, 4.69) is 10.6 Å². The Hall–Kier alpha value is -4.47. The average Bonchev–Trinajstić information content (AvgIpc) is 3.52. The van der Waals surface area contributed by atoms with Crippen LogP contribution in [-0.2, 0) is 46.4 Å². The van der Waals surface area contributed by atoms with Crippen LogP contribution < -0.4 is 15.4 Å². The van der Waals surface area contributed by atoms with Crippen LogP contribution in [0.2, 0.25) is 0 Å². The van der Waals surface area contributed by atoms with Gasteiger partial charge >= 0.3 is 18.0 Å². The Bertz CT molecular complexity index is 1500. The third-order valence-corrected chi connectivity index (χ3v) is 8.32. The maximum atomic E-state index is 14.5. The number of ether oxygens (including phenoxy) is 4. The molecule has 1 aliphatic rings. The average molecular weight is 712 g/mol. The van der Waals surface area contributed by atoms with Gasteiger partial charge in [-0.05, 0) is 42.7 Å². The molecule has 4 atom stereocenters. The number of hydrogen-bond donors (Lipinski definition) is 2. The second-order valence-corrected chi connectivity index (χ2v) is 12.6. The molecule has 0 spiro atoms. The number of rotatable bonds is 15. The number of carbonyl (C=O) groups is 5. The highest BCUT2D eigenvalue weighted by Crippen LogP contribution is 2.26. The van der Waals surface area contributed by atoms with Gasteiger partial charge in [-0.1, -0.05) is 26.0 Å². The lowest BCUT2D eigenvalue weighted by atomic mass is 10.0. The van der Waals surface area contributed by atoms with E-state index in [-0.39, 0.29) is 31.2 Å². The molecule has 3 rings (SSSR count). The first-order chi connectivity index (χ1) is 23.2. The second-order valence-electron chi connectivity index (χ2n) is 11.4. The molecule has 3 unspecified atom stereocenters. The monoisotopic (exact) mass is 711 g/mol. The number of amides is 3. The SMILES string of the molecule is CCOC(=O)C(Oc1ccc(CNC(=O)C2SCCN2C(=O)C[C@@H](Cc2cc(F)c(F)cc2F)NC(=O)OC(C)OC(C)=O)cc1)C(C)C. The first-order valence-corrected chi connectivity index (χ1v) is 16.6. The molecule has 12 nitrogen and oxygen atoms in total. The number of benzene rings is 2. The fourth-order valence-electron chi connectivity index (χ4n) is 4.83. The van der Waals surface area contributed by atoms with Crippen molar-refractivity contribution in [3.63, 3.8) is 0 Å². The summed E-state index contributed by atoms with van der Waals surface area (Å²) in [6, 6.07) is 6.57. The molecule has 0 saturated carbocycles. The minimum atomic E-state index is -1.41. The van der Waals surface area contributed by atoms with E-state index in [1.165, 1.54) is 23.6 Å². The zero-order chi connectivity index (χ0) is 36.2. The van der Waals surface area contributed by atoms with Gasteiger partial charge in [-0.15, -0.1) is 11.8 Å². The molecule has 16 heteroatoms. The van der Waals surface area contributed by atoms with Crippen molar-refractivity contribution in [2.24, 2.45) is 5.92 Å². The molecule has 0 bridgehead atoms. The van der Waals surface area contributed by atoms with Crippen molar-refractivity contribution in [1.82, 2.24) is 15.5 Å². The van der Waals surface area contributed by atoms with Crippen molar-refractivity contribution in [3.05, 3.63) is 65.0 Å². The van der Waals surface area contributed by atoms with Crippen LogP contribution in [0.1, 0.15) is 52.2 Å². The Morgan fingerprint density at radius 1 is 0.980 bits per heavy atom. The van der Waals surface area contributed by atoms with Gasteiger partial charge in [-0.3, -0.25) is 14.4 Å². The third-order valence-electron chi connectivity index (χ3n) is 7.12. The Balaban J connectivity index is 1.65. The number of alkyl carbamates (subject to hydrolysis) is 1. The normalized spacial score (nSPS) is 15.9. The molecule has 49 heavy (non-hydrogen) atoms. The molecule has 1 heterocycles. The molecule has 268 valence electrons. The van der Waals surface area contributed by atoms with Crippen LogP contribution in [0.4, 0.5) is 18.0 Å². The number of esters is 2. The van der Waals surface area contributed by atoms with Gasteiger partial charge in [0.05, 0.1) is 6.61 Å². The van der Waals surface area contributed by atoms with Crippen molar-refractivity contribution < 1.29 is 56.1 Å². The summed E-state index contributed by atoms with van der Waals surface area (Å²) in [6.07, 6.45) is -4.07. The first-order valence-electron chi connectivity index (χ1n) is 15.6. The van der Waals surface area contributed by atoms with E-state index < -0.39 is 83.9 Å². The van der Waals surface area contributed by atoms with E-state index in [1.54, 1.807) is 31.2 Å². The van der Waals surface area contributed by atoms with E-state index in [0.29, 0.717) is 23.6 Å². The summed E-state index contributed by atoms with van der Waals surface area (Å²) in [4.78, 5) is 63.8. The summed E-state index contributed by atoms with van der Waals surface area (Å²) in [7, 11) is 0. The van der Waals surface area contributed by atoms with Crippen LogP contribution in [0.3, 0.4) is 0 Å². The van der Waals surface area contributed by atoms with Gasteiger partial charge in [-0.2, -0.15) is 0 Å². The van der Waals surface area contributed by atoms with Crippen LogP contribution in [-0.4, -0.2) is 77.5 Å². The lowest BCUT2D eigenvalue weighted by molar-refractivity contribution is -0.162. The number of nitrogens with one attached hydrogen (secondary N) is 2. The minimum Gasteiger partial charge on any atom is -0.478 e. The van der Waals surface area contributed by atoms with Gasteiger partial charge in [-0.25, -0.2) is 22.8 Å². The lowest BCUT2D eigenvalue weighted by Crippen LogP contribution is -2.47. The Kier molecular flexibility index (Phi) is 14.6. The van der Waals surface area contributed by atoms with Crippen molar-refractivity contribution in [1.29, 1.82) is 0 Å². The fraction of sp³-hybridized carbons (Fsp3) is 0.485. The standard InChI is InChI=1S/C33H40F3N3O9S/c1-6-45-32(43)29(18(2)3)48-24-9-7-21(8-10-24)17-37-30(42)31-39(11-12-49-31)28(41)15-23(38-33(44)47-20(5)46-19(4)40)13-22-14-26(35)27(36)16-25(22)34/h7-10,14,16,18,20,23,29,31H,6,11-13,15,17H2,1-5H3,(H,37,42)(H,38,44)/t20?,23-,29?,31?/m1/s1. The summed E-state index contributed by atoms with van der Waals surface area (Å²) in [5.41, 5.74) is 0.408. The molecule has 0 aromatic heterocycles. The van der Waals surface area contributed by atoms with Crippen LogP contribution >= 0.6 is 11.8 Å². The highest BCUT2D eigenvalue weighted by atomic mass is 32.2. The largest absolute Gasteiger partial charge is 0.478 e. The number of carbonyl (C=O) groups excluding carboxylic acids is 5. The minimum absolute atomic E-state index is 0.121. The third kappa shape index (κ3) is 11.9. The number of thioether (sulfide) groups is 1. The predicted molar refractivity (Wildman–Crippen MR) is 171 cm³/mol. The smallest absolute Gasteiger partial charge is 0.410 e. The van der Waals surface area contributed by atoms with Gasteiger partial charge in [0, 0.05) is 57.1 Å². The number of nitrogens with zero attached hydrogens (tertiary/aromatic N) is 1. The highest BCUT2D eigenvalue weighted by Gasteiger charge is 2.36. The lowest BCUT2D eigenvalue weighted by Gasteiger charge is -2.26. The molecule has 2 aromatic carbocycles. The molecule has 0 radical (unpaired) electrons. The Morgan fingerprint density at radius 3 is 2.29 bits per heavy atom. The zero-order valence-electron chi connectivity index (χ0n) is 27.8. The molecule has 1 saturated heterocycles. The molecular weight excluding hydrogens is 671 g/mol. The van der Waals surface area contributed by atoms with Crippen LogP contribution in [0.15, 0.2) is 36.4 Å². The molecular formula is C33H40F3N3O9S. The van der Waals surface area contributed by atoms with Crippen molar-refractivity contribution in [2.75, 3.05) is 18.9 Å². The van der Waals surface area contributed by atoms with Crippen LogP contribution in [0.25, 0.3) is 0 Å². The first kappa shape index (κ1) is 39.0. The van der Waals surface area contributed by atoms with Gasteiger partial charge in [0.25, 0.3) is 5.91 Å². The molecule has 0 aliphatic carbocycles. The van der Waals surface area contributed by atoms with E-state index in [1.807, 2.05) is 13.8 Å². The maximum absolute atomic E-state index is 14.5. The second kappa shape index (κ2) is 18.3. The maximum Gasteiger partial charge on any atom is 0.410 e. The number of hydrogen-bond acceptors (Lipinski definition) is 10. The van der Waals surface area contributed by atoms with Crippen molar-refractivity contribution >= 4 is 41.6 Å².